The minimum absolute atomic E-state index is 0.242. The molecule has 2 aromatic carbocycles. The van der Waals surface area contributed by atoms with Crippen LogP contribution < -0.4 is 10.1 Å². The van der Waals surface area contributed by atoms with Crippen molar-refractivity contribution < 1.29 is 4.74 Å². The van der Waals surface area contributed by atoms with E-state index in [0.717, 1.165) is 31.7 Å². The molecular weight excluding hydrogens is 258 g/mol. The summed E-state index contributed by atoms with van der Waals surface area (Å²) in [4.78, 5) is 0. The molecular formula is C19H25NO. The van der Waals surface area contributed by atoms with E-state index in [-0.39, 0.29) is 6.04 Å². The van der Waals surface area contributed by atoms with E-state index in [4.69, 9.17) is 4.74 Å². The van der Waals surface area contributed by atoms with Crippen LogP contribution >= 0.6 is 0 Å². The summed E-state index contributed by atoms with van der Waals surface area (Å²) in [5.41, 5.74) is 2.58. The van der Waals surface area contributed by atoms with Crippen LogP contribution in [0.25, 0.3) is 0 Å². The molecule has 1 atom stereocenters. The predicted molar refractivity (Wildman–Crippen MR) is 88.8 cm³/mol. The van der Waals surface area contributed by atoms with Crippen LogP contribution in [0.1, 0.15) is 43.9 Å². The second-order valence-electron chi connectivity index (χ2n) is 5.22. The van der Waals surface area contributed by atoms with Crippen molar-refractivity contribution in [2.45, 2.75) is 32.7 Å². The van der Waals surface area contributed by atoms with Gasteiger partial charge in [-0.05, 0) is 42.6 Å². The molecule has 0 saturated heterocycles. The average molecular weight is 283 g/mol. The van der Waals surface area contributed by atoms with Gasteiger partial charge in [0.1, 0.15) is 5.75 Å². The summed E-state index contributed by atoms with van der Waals surface area (Å²) in [7, 11) is 0. The second-order valence-corrected chi connectivity index (χ2v) is 5.22. The highest BCUT2D eigenvalue weighted by Gasteiger charge is 2.12. The molecule has 1 N–H and O–H groups in total. The molecule has 0 aliphatic heterocycles. The van der Waals surface area contributed by atoms with Gasteiger partial charge in [0.05, 0.1) is 12.6 Å². The molecule has 0 heterocycles. The van der Waals surface area contributed by atoms with Gasteiger partial charge in [-0.1, -0.05) is 56.3 Å². The Balaban J connectivity index is 2.16. The predicted octanol–water partition coefficient (Wildman–Crippen LogP) is 4.56. The van der Waals surface area contributed by atoms with Crippen molar-refractivity contribution in [2.75, 3.05) is 13.2 Å². The Morgan fingerprint density at radius 1 is 0.857 bits per heavy atom. The normalized spacial score (nSPS) is 12.1. The number of nitrogens with one attached hydrogen (secondary N) is 1. The van der Waals surface area contributed by atoms with Crippen LogP contribution in [0.4, 0.5) is 0 Å². The number of rotatable bonds is 8. The van der Waals surface area contributed by atoms with E-state index >= 15 is 0 Å². The van der Waals surface area contributed by atoms with Gasteiger partial charge in [-0.3, -0.25) is 0 Å². The highest BCUT2D eigenvalue weighted by molar-refractivity contribution is 5.35. The SMILES string of the molecule is CCCNC(c1ccccc1)c1ccc(OCCC)cc1. The Morgan fingerprint density at radius 2 is 1.52 bits per heavy atom. The van der Waals surface area contributed by atoms with Gasteiger partial charge in [0.25, 0.3) is 0 Å². The van der Waals surface area contributed by atoms with E-state index in [1.807, 2.05) is 0 Å². The van der Waals surface area contributed by atoms with E-state index in [9.17, 15) is 0 Å². The lowest BCUT2D eigenvalue weighted by molar-refractivity contribution is 0.317. The number of ether oxygens (including phenoxy) is 1. The monoisotopic (exact) mass is 283 g/mol. The van der Waals surface area contributed by atoms with Crippen molar-refractivity contribution in [3.8, 4) is 5.75 Å². The molecule has 2 nitrogen and oxygen atoms in total. The maximum absolute atomic E-state index is 5.66. The third-order valence-electron chi connectivity index (χ3n) is 3.42. The smallest absolute Gasteiger partial charge is 0.119 e. The highest BCUT2D eigenvalue weighted by Crippen LogP contribution is 2.24. The average Bonchev–Trinajstić information content (AvgIpc) is 2.55. The molecule has 21 heavy (non-hydrogen) atoms. The van der Waals surface area contributed by atoms with Crippen LogP contribution in [0, 0.1) is 0 Å². The molecule has 1 unspecified atom stereocenters. The molecule has 0 aromatic heterocycles. The standard InChI is InChI=1S/C19H25NO/c1-3-14-20-19(16-8-6-5-7-9-16)17-10-12-18(13-11-17)21-15-4-2/h5-13,19-20H,3-4,14-15H2,1-2H3. The number of benzene rings is 2. The molecule has 0 spiro atoms. The lowest BCUT2D eigenvalue weighted by Crippen LogP contribution is -2.23. The van der Waals surface area contributed by atoms with Crippen molar-refractivity contribution in [1.29, 1.82) is 0 Å². The van der Waals surface area contributed by atoms with Crippen LogP contribution in [0.15, 0.2) is 54.6 Å². The topological polar surface area (TPSA) is 21.3 Å². The van der Waals surface area contributed by atoms with E-state index < -0.39 is 0 Å². The largest absolute Gasteiger partial charge is 0.494 e. The first-order valence-corrected chi connectivity index (χ1v) is 7.86. The fourth-order valence-corrected chi connectivity index (χ4v) is 2.34. The third kappa shape index (κ3) is 4.61. The summed E-state index contributed by atoms with van der Waals surface area (Å²) in [6, 6.07) is 19.3. The number of hydrogen-bond acceptors (Lipinski definition) is 2. The molecule has 0 fully saturated rings. The van der Waals surface area contributed by atoms with Gasteiger partial charge in [-0.15, -0.1) is 0 Å². The zero-order valence-corrected chi connectivity index (χ0v) is 13.0. The highest BCUT2D eigenvalue weighted by atomic mass is 16.5. The first-order chi connectivity index (χ1) is 10.3. The summed E-state index contributed by atoms with van der Waals surface area (Å²) in [5, 5.41) is 3.62. The van der Waals surface area contributed by atoms with Gasteiger partial charge in [0, 0.05) is 0 Å². The molecule has 0 aliphatic carbocycles. The fraction of sp³-hybridized carbons (Fsp3) is 0.368. The minimum Gasteiger partial charge on any atom is -0.494 e. The van der Waals surface area contributed by atoms with Gasteiger partial charge in [-0.25, -0.2) is 0 Å². The third-order valence-corrected chi connectivity index (χ3v) is 3.42. The van der Waals surface area contributed by atoms with Gasteiger partial charge in [0.2, 0.25) is 0 Å². The molecule has 0 bridgehead atoms. The first-order valence-electron chi connectivity index (χ1n) is 7.86. The van der Waals surface area contributed by atoms with Crippen LogP contribution in [0.3, 0.4) is 0 Å². The Hall–Kier alpha value is -1.80. The number of hydrogen-bond donors (Lipinski definition) is 1. The molecule has 0 amide bonds. The molecule has 2 aromatic rings. The zero-order valence-electron chi connectivity index (χ0n) is 13.0. The molecule has 2 heteroatoms. The van der Waals surface area contributed by atoms with E-state index in [0.29, 0.717) is 0 Å². The Kier molecular flexibility index (Phi) is 6.29. The van der Waals surface area contributed by atoms with Crippen molar-refractivity contribution in [2.24, 2.45) is 0 Å². The second kappa shape index (κ2) is 8.48. The minimum atomic E-state index is 0.242. The molecule has 0 radical (unpaired) electrons. The van der Waals surface area contributed by atoms with Crippen LogP contribution in [0.2, 0.25) is 0 Å². The Bertz CT molecular complexity index is 507. The van der Waals surface area contributed by atoms with E-state index in [2.05, 4.69) is 73.8 Å². The molecule has 0 aliphatic rings. The van der Waals surface area contributed by atoms with Crippen molar-refractivity contribution in [3.63, 3.8) is 0 Å². The van der Waals surface area contributed by atoms with Gasteiger partial charge in [0.15, 0.2) is 0 Å². The van der Waals surface area contributed by atoms with Gasteiger partial charge < -0.3 is 10.1 Å². The molecule has 112 valence electrons. The lowest BCUT2D eigenvalue weighted by atomic mass is 9.98. The van der Waals surface area contributed by atoms with Crippen molar-refractivity contribution in [1.82, 2.24) is 5.32 Å². The van der Waals surface area contributed by atoms with Crippen LogP contribution in [-0.4, -0.2) is 13.2 Å². The molecule has 2 rings (SSSR count). The summed E-state index contributed by atoms with van der Waals surface area (Å²) >= 11 is 0. The van der Waals surface area contributed by atoms with E-state index in [1.54, 1.807) is 0 Å². The lowest BCUT2D eigenvalue weighted by Gasteiger charge is -2.20. The first kappa shape index (κ1) is 15.6. The zero-order chi connectivity index (χ0) is 14.9. The summed E-state index contributed by atoms with van der Waals surface area (Å²) in [6.07, 6.45) is 2.16. The summed E-state index contributed by atoms with van der Waals surface area (Å²) in [6.45, 7) is 6.09. The quantitative estimate of drug-likeness (QED) is 0.766. The maximum Gasteiger partial charge on any atom is 0.119 e. The van der Waals surface area contributed by atoms with Crippen LogP contribution in [-0.2, 0) is 0 Å². The van der Waals surface area contributed by atoms with Crippen molar-refractivity contribution in [3.05, 3.63) is 65.7 Å². The van der Waals surface area contributed by atoms with Gasteiger partial charge >= 0.3 is 0 Å². The van der Waals surface area contributed by atoms with Crippen molar-refractivity contribution >= 4 is 0 Å². The van der Waals surface area contributed by atoms with E-state index in [1.165, 1.54) is 11.1 Å². The maximum atomic E-state index is 5.66. The van der Waals surface area contributed by atoms with Gasteiger partial charge in [-0.2, -0.15) is 0 Å². The Morgan fingerprint density at radius 3 is 2.14 bits per heavy atom. The van der Waals surface area contributed by atoms with Crippen LogP contribution in [0.5, 0.6) is 5.75 Å². The summed E-state index contributed by atoms with van der Waals surface area (Å²) < 4.78 is 5.66. The Labute approximate surface area is 128 Å². The molecule has 0 saturated carbocycles. The summed E-state index contributed by atoms with van der Waals surface area (Å²) in [5.74, 6) is 0.947. The fourth-order valence-electron chi connectivity index (χ4n) is 2.34.